The molecule has 0 bridgehead atoms. The Balaban J connectivity index is 2.21. The summed E-state index contributed by atoms with van der Waals surface area (Å²) in [6.45, 7) is 1.25. The lowest BCUT2D eigenvalue weighted by molar-refractivity contribution is 0.748. The number of rotatable bonds is 4. The summed E-state index contributed by atoms with van der Waals surface area (Å²) in [4.78, 5) is 3.99. The van der Waals surface area contributed by atoms with Gasteiger partial charge in [-0.1, -0.05) is 6.07 Å². The van der Waals surface area contributed by atoms with E-state index < -0.39 is 0 Å². The smallest absolute Gasteiger partial charge is 0.0841 e. The van der Waals surface area contributed by atoms with Gasteiger partial charge in [-0.2, -0.15) is 5.26 Å². The molecule has 1 rings (SSSR count). The number of nitrogens with zero attached hydrogens (tertiary/aromatic N) is 2. The highest BCUT2D eigenvalue weighted by atomic mass is 14.8. The quantitative estimate of drug-likeness (QED) is 0.523. The van der Waals surface area contributed by atoms with Crippen LogP contribution in [0.1, 0.15) is 5.56 Å². The second kappa shape index (κ2) is 5.28. The Morgan fingerprint density at radius 3 is 3.17 bits per heavy atom. The molecule has 0 aromatic carbocycles. The van der Waals surface area contributed by atoms with Gasteiger partial charge >= 0.3 is 0 Å². The van der Waals surface area contributed by atoms with Gasteiger partial charge < -0.3 is 5.32 Å². The predicted octanol–water partition coefficient (Wildman–Crippen LogP) is 0.737. The number of pyridine rings is 1. The fraction of sp³-hybridized carbons (Fsp3) is 0.333. The van der Waals surface area contributed by atoms with Crippen molar-refractivity contribution in [2.24, 2.45) is 0 Å². The van der Waals surface area contributed by atoms with Gasteiger partial charge in [0.25, 0.3) is 0 Å². The Morgan fingerprint density at radius 2 is 2.50 bits per heavy atom. The summed E-state index contributed by atoms with van der Waals surface area (Å²) in [6.07, 6.45) is 4.52. The monoisotopic (exact) mass is 161 g/mol. The molecule has 1 aromatic heterocycles. The number of hydrogen-bond donors (Lipinski definition) is 1. The standard InChI is InChI=1S/C9H11N3/c10-4-7-11-6-3-9-2-1-5-12-8-9/h1-2,5,8,11H,3,6-7H2. The van der Waals surface area contributed by atoms with Gasteiger partial charge in [-0.3, -0.25) is 4.98 Å². The summed E-state index contributed by atoms with van der Waals surface area (Å²) in [5, 5.41) is 11.2. The number of nitriles is 1. The third-order valence-corrected chi connectivity index (χ3v) is 1.52. The number of aromatic nitrogens is 1. The molecule has 62 valence electrons. The minimum absolute atomic E-state index is 0.417. The Bertz CT molecular complexity index is 250. The van der Waals surface area contributed by atoms with E-state index in [1.54, 1.807) is 6.20 Å². The van der Waals surface area contributed by atoms with Crippen LogP contribution in [0.3, 0.4) is 0 Å². The number of nitrogens with one attached hydrogen (secondary N) is 1. The normalized spacial score (nSPS) is 9.25. The predicted molar refractivity (Wildman–Crippen MR) is 46.4 cm³/mol. The molecule has 1 N–H and O–H groups in total. The van der Waals surface area contributed by atoms with E-state index in [-0.39, 0.29) is 0 Å². The highest BCUT2D eigenvalue weighted by Crippen LogP contribution is 1.94. The van der Waals surface area contributed by atoms with Gasteiger partial charge in [-0.25, -0.2) is 0 Å². The van der Waals surface area contributed by atoms with Crippen LogP contribution in [0.4, 0.5) is 0 Å². The summed E-state index contributed by atoms with van der Waals surface area (Å²) in [6, 6.07) is 5.97. The van der Waals surface area contributed by atoms with Crippen LogP contribution in [0.2, 0.25) is 0 Å². The van der Waals surface area contributed by atoms with Crippen LogP contribution in [0.15, 0.2) is 24.5 Å². The molecule has 3 nitrogen and oxygen atoms in total. The van der Waals surface area contributed by atoms with Gasteiger partial charge in [-0.15, -0.1) is 0 Å². The highest BCUT2D eigenvalue weighted by molar-refractivity contribution is 5.08. The summed E-state index contributed by atoms with van der Waals surface area (Å²) in [5.74, 6) is 0. The minimum atomic E-state index is 0.417. The fourth-order valence-corrected chi connectivity index (χ4v) is 0.923. The summed E-state index contributed by atoms with van der Waals surface area (Å²) in [5.41, 5.74) is 1.20. The van der Waals surface area contributed by atoms with E-state index in [0.29, 0.717) is 6.54 Å². The Morgan fingerprint density at radius 1 is 1.58 bits per heavy atom. The molecule has 0 aliphatic rings. The lowest BCUT2D eigenvalue weighted by Crippen LogP contribution is -2.17. The van der Waals surface area contributed by atoms with Crippen molar-refractivity contribution in [3.63, 3.8) is 0 Å². The molecule has 0 aliphatic carbocycles. The summed E-state index contributed by atoms with van der Waals surface area (Å²) in [7, 11) is 0. The van der Waals surface area contributed by atoms with Crippen LogP contribution in [0, 0.1) is 11.3 Å². The summed E-state index contributed by atoms with van der Waals surface area (Å²) < 4.78 is 0. The van der Waals surface area contributed by atoms with Crippen molar-refractivity contribution in [3.8, 4) is 6.07 Å². The van der Waals surface area contributed by atoms with E-state index in [0.717, 1.165) is 13.0 Å². The summed E-state index contributed by atoms with van der Waals surface area (Å²) >= 11 is 0. The molecule has 0 fully saturated rings. The Labute approximate surface area is 72.1 Å². The van der Waals surface area contributed by atoms with Gasteiger partial charge in [0, 0.05) is 18.9 Å². The first-order valence-corrected chi connectivity index (χ1v) is 3.90. The van der Waals surface area contributed by atoms with Crippen molar-refractivity contribution < 1.29 is 0 Å². The van der Waals surface area contributed by atoms with Crippen molar-refractivity contribution in [1.29, 1.82) is 5.26 Å². The van der Waals surface area contributed by atoms with Crippen LogP contribution >= 0.6 is 0 Å². The van der Waals surface area contributed by atoms with Crippen molar-refractivity contribution in [2.45, 2.75) is 6.42 Å². The molecule has 0 atom stereocenters. The van der Waals surface area contributed by atoms with E-state index in [9.17, 15) is 0 Å². The minimum Gasteiger partial charge on any atom is -0.304 e. The Hall–Kier alpha value is -1.40. The average molecular weight is 161 g/mol. The maximum absolute atomic E-state index is 8.24. The first kappa shape index (κ1) is 8.69. The second-order valence-electron chi connectivity index (χ2n) is 2.45. The molecular weight excluding hydrogens is 150 g/mol. The Kier molecular flexibility index (Phi) is 3.82. The van der Waals surface area contributed by atoms with Crippen LogP contribution < -0.4 is 5.32 Å². The molecule has 0 amide bonds. The molecule has 0 unspecified atom stereocenters. The van der Waals surface area contributed by atoms with Gasteiger partial charge in [-0.05, 0) is 18.1 Å². The van der Waals surface area contributed by atoms with Gasteiger partial charge in [0.15, 0.2) is 0 Å². The van der Waals surface area contributed by atoms with E-state index >= 15 is 0 Å². The molecule has 0 spiro atoms. The number of hydrogen-bond acceptors (Lipinski definition) is 3. The van der Waals surface area contributed by atoms with Crippen molar-refractivity contribution in [3.05, 3.63) is 30.1 Å². The molecule has 0 saturated carbocycles. The molecular formula is C9H11N3. The fourth-order valence-electron chi connectivity index (χ4n) is 0.923. The van der Waals surface area contributed by atoms with E-state index in [1.165, 1.54) is 5.56 Å². The zero-order valence-corrected chi connectivity index (χ0v) is 6.83. The van der Waals surface area contributed by atoms with Crippen LogP contribution in [0.25, 0.3) is 0 Å². The van der Waals surface area contributed by atoms with Crippen molar-refractivity contribution >= 4 is 0 Å². The molecule has 0 aliphatic heterocycles. The maximum atomic E-state index is 8.24. The SMILES string of the molecule is N#CCNCCc1cccnc1. The first-order valence-electron chi connectivity index (χ1n) is 3.90. The van der Waals surface area contributed by atoms with E-state index in [4.69, 9.17) is 5.26 Å². The zero-order valence-electron chi connectivity index (χ0n) is 6.83. The van der Waals surface area contributed by atoms with Crippen molar-refractivity contribution in [2.75, 3.05) is 13.1 Å². The second-order valence-corrected chi connectivity index (χ2v) is 2.45. The zero-order chi connectivity index (χ0) is 8.65. The van der Waals surface area contributed by atoms with Gasteiger partial charge in [0.2, 0.25) is 0 Å². The third kappa shape index (κ3) is 3.13. The highest BCUT2D eigenvalue weighted by Gasteiger charge is 1.90. The largest absolute Gasteiger partial charge is 0.304 e. The van der Waals surface area contributed by atoms with E-state index in [1.807, 2.05) is 24.4 Å². The molecule has 0 radical (unpaired) electrons. The molecule has 0 saturated heterocycles. The molecule has 1 heterocycles. The molecule has 1 aromatic rings. The lowest BCUT2D eigenvalue weighted by atomic mass is 10.2. The van der Waals surface area contributed by atoms with Crippen LogP contribution in [0.5, 0.6) is 0 Å². The third-order valence-electron chi connectivity index (χ3n) is 1.52. The first-order chi connectivity index (χ1) is 5.93. The lowest BCUT2D eigenvalue weighted by Gasteiger charge is -1.99. The van der Waals surface area contributed by atoms with Crippen LogP contribution in [-0.2, 0) is 6.42 Å². The van der Waals surface area contributed by atoms with Crippen LogP contribution in [-0.4, -0.2) is 18.1 Å². The van der Waals surface area contributed by atoms with E-state index in [2.05, 4.69) is 10.3 Å². The van der Waals surface area contributed by atoms with Gasteiger partial charge in [0.1, 0.15) is 0 Å². The van der Waals surface area contributed by atoms with Gasteiger partial charge in [0.05, 0.1) is 12.6 Å². The maximum Gasteiger partial charge on any atom is 0.0841 e. The molecule has 12 heavy (non-hydrogen) atoms. The average Bonchev–Trinajstić information content (AvgIpc) is 2.14. The van der Waals surface area contributed by atoms with Crippen molar-refractivity contribution in [1.82, 2.24) is 10.3 Å². The molecule has 3 heteroatoms. The topological polar surface area (TPSA) is 48.7 Å².